The van der Waals surface area contributed by atoms with Gasteiger partial charge in [-0.05, 0) is 50.1 Å². The zero-order valence-electron chi connectivity index (χ0n) is 15.1. The van der Waals surface area contributed by atoms with Gasteiger partial charge in [0.15, 0.2) is 11.5 Å². The smallest absolute Gasteiger partial charge is 0.257 e. The van der Waals surface area contributed by atoms with E-state index in [4.69, 9.17) is 4.98 Å². The number of hydrogen-bond acceptors (Lipinski definition) is 3. The van der Waals surface area contributed by atoms with E-state index in [0.717, 1.165) is 27.5 Å². The monoisotopic (exact) mass is 344 g/mol. The first-order valence-electron chi connectivity index (χ1n) is 8.71. The number of aromatic nitrogens is 3. The molecule has 2 aromatic carbocycles. The highest BCUT2D eigenvalue weighted by molar-refractivity contribution is 6.09. The van der Waals surface area contributed by atoms with Gasteiger partial charge in [-0.2, -0.15) is 5.10 Å². The number of anilines is 1. The maximum absolute atomic E-state index is 12.7. The van der Waals surface area contributed by atoms with E-state index in [1.165, 1.54) is 5.56 Å². The molecule has 0 aliphatic carbocycles. The first kappa shape index (κ1) is 16.3. The van der Waals surface area contributed by atoms with Gasteiger partial charge in [-0.1, -0.05) is 30.3 Å². The number of nitrogens with zero attached hydrogens (tertiary/aromatic N) is 3. The van der Waals surface area contributed by atoms with Crippen LogP contribution >= 0.6 is 0 Å². The van der Waals surface area contributed by atoms with Crippen LogP contribution in [0.5, 0.6) is 0 Å². The number of carbonyl (C=O) groups is 1. The van der Waals surface area contributed by atoms with E-state index in [0.29, 0.717) is 17.9 Å². The largest absolute Gasteiger partial charge is 0.304 e. The molecule has 5 nitrogen and oxygen atoms in total. The molecule has 0 radical (unpaired) electrons. The van der Waals surface area contributed by atoms with Gasteiger partial charge in [0.2, 0.25) is 0 Å². The van der Waals surface area contributed by atoms with Gasteiger partial charge in [-0.15, -0.1) is 0 Å². The summed E-state index contributed by atoms with van der Waals surface area (Å²) in [6, 6.07) is 15.7. The fourth-order valence-corrected chi connectivity index (χ4v) is 3.18. The average Bonchev–Trinajstić information content (AvgIpc) is 2.96. The fourth-order valence-electron chi connectivity index (χ4n) is 3.18. The van der Waals surface area contributed by atoms with E-state index < -0.39 is 0 Å². The van der Waals surface area contributed by atoms with Gasteiger partial charge >= 0.3 is 0 Å². The molecule has 4 aromatic rings. The standard InChI is InChI=1S/C21H20N4O/c1-4-25-20-17(12-15-10-9-13(2)11-18(15)22-20)19(24-25)23-21(26)16-8-6-5-7-14(16)3/h5-12H,4H2,1-3H3,(H,23,24,26). The van der Waals surface area contributed by atoms with E-state index >= 15 is 0 Å². The molecule has 0 aliphatic heterocycles. The molecule has 0 spiro atoms. The summed E-state index contributed by atoms with van der Waals surface area (Å²) in [4.78, 5) is 17.5. The molecule has 26 heavy (non-hydrogen) atoms. The second kappa shape index (κ2) is 6.26. The lowest BCUT2D eigenvalue weighted by Crippen LogP contribution is -2.14. The normalized spacial score (nSPS) is 11.2. The molecule has 0 atom stereocenters. The van der Waals surface area contributed by atoms with E-state index in [1.807, 2.05) is 54.9 Å². The highest BCUT2D eigenvalue weighted by Crippen LogP contribution is 2.27. The zero-order valence-corrected chi connectivity index (χ0v) is 15.1. The summed E-state index contributed by atoms with van der Waals surface area (Å²) in [5, 5.41) is 9.42. The molecule has 1 amide bonds. The Morgan fingerprint density at radius 3 is 2.69 bits per heavy atom. The Morgan fingerprint density at radius 2 is 1.92 bits per heavy atom. The Balaban J connectivity index is 1.83. The number of amides is 1. The maximum atomic E-state index is 12.7. The minimum Gasteiger partial charge on any atom is -0.304 e. The molecule has 0 unspecified atom stereocenters. The number of pyridine rings is 1. The molecule has 130 valence electrons. The minimum atomic E-state index is -0.158. The van der Waals surface area contributed by atoms with E-state index in [9.17, 15) is 4.79 Å². The van der Waals surface area contributed by atoms with Crippen molar-refractivity contribution in [3.05, 3.63) is 65.2 Å². The van der Waals surface area contributed by atoms with Gasteiger partial charge in [-0.3, -0.25) is 4.79 Å². The van der Waals surface area contributed by atoms with Crippen LogP contribution in [0.3, 0.4) is 0 Å². The number of fused-ring (bicyclic) bond motifs is 2. The zero-order chi connectivity index (χ0) is 18.3. The first-order chi connectivity index (χ1) is 12.6. The summed E-state index contributed by atoms with van der Waals surface area (Å²) in [6.07, 6.45) is 0. The number of benzene rings is 2. The van der Waals surface area contributed by atoms with Gasteiger partial charge in [0, 0.05) is 17.5 Å². The molecule has 5 heteroatoms. The molecular weight excluding hydrogens is 324 g/mol. The van der Waals surface area contributed by atoms with Crippen LogP contribution in [0.4, 0.5) is 5.82 Å². The second-order valence-electron chi connectivity index (χ2n) is 6.49. The third-order valence-electron chi connectivity index (χ3n) is 4.59. The predicted octanol–water partition coefficient (Wildman–Crippen LogP) is 4.47. The van der Waals surface area contributed by atoms with Crippen molar-refractivity contribution in [3.8, 4) is 0 Å². The molecule has 0 fully saturated rings. The minimum absolute atomic E-state index is 0.158. The summed E-state index contributed by atoms with van der Waals surface area (Å²) in [5.74, 6) is 0.389. The van der Waals surface area contributed by atoms with E-state index in [2.05, 4.69) is 29.5 Å². The van der Waals surface area contributed by atoms with E-state index in [1.54, 1.807) is 0 Å². The number of carbonyl (C=O) groups excluding carboxylic acids is 1. The van der Waals surface area contributed by atoms with Crippen molar-refractivity contribution in [1.82, 2.24) is 14.8 Å². The van der Waals surface area contributed by atoms with Crippen LogP contribution in [0.2, 0.25) is 0 Å². The molecule has 2 aromatic heterocycles. The highest BCUT2D eigenvalue weighted by Gasteiger charge is 2.16. The molecule has 1 N–H and O–H groups in total. The van der Waals surface area contributed by atoms with Crippen molar-refractivity contribution in [2.45, 2.75) is 27.3 Å². The van der Waals surface area contributed by atoms with Crippen molar-refractivity contribution < 1.29 is 4.79 Å². The van der Waals surface area contributed by atoms with Gasteiger partial charge in [0.25, 0.3) is 5.91 Å². The summed E-state index contributed by atoms with van der Waals surface area (Å²) in [6.45, 7) is 6.67. The average molecular weight is 344 g/mol. The summed E-state index contributed by atoms with van der Waals surface area (Å²) >= 11 is 0. The second-order valence-corrected chi connectivity index (χ2v) is 6.49. The van der Waals surface area contributed by atoms with Crippen LogP contribution in [0.25, 0.3) is 21.9 Å². The van der Waals surface area contributed by atoms with Crippen LogP contribution in [-0.2, 0) is 6.54 Å². The topological polar surface area (TPSA) is 59.8 Å². The highest BCUT2D eigenvalue weighted by atomic mass is 16.1. The van der Waals surface area contributed by atoms with Gasteiger partial charge in [0.05, 0.1) is 10.9 Å². The fraction of sp³-hybridized carbons (Fsp3) is 0.190. The predicted molar refractivity (Wildman–Crippen MR) is 105 cm³/mol. The lowest BCUT2D eigenvalue weighted by molar-refractivity contribution is 0.102. The quantitative estimate of drug-likeness (QED) is 0.596. The van der Waals surface area contributed by atoms with Crippen LogP contribution in [0, 0.1) is 13.8 Å². The van der Waals surface area contributed by atoms with Gasteiger partial charge < -0.3 is 5.32 Å². The number of hydrogen-bond donors (Lipinski definition) is 1. The maximum Gasteiger partial charge on any atom is 0.257 e. The number of nitrogens with one attached hydrogen (secondary N) is 1. The van der Waals surface area contributed by atoms with Gasteiger partial charge in [-0.25, -0.2) is 9.67 Å². The molecule has 0 aliphatic rings. The van der Waals surface area contributed by atoms with Crippen LogP contribution in [-0.4, -0.2) is 20.7 Å². The van der Waals surface area contributed by atoms with Crippen LogP contribution < -0.4 is 5.32 Å². The Labute approximate surface area is 151 Å². The van der Waals surface area contributed by atoms with Crippen molar-refractivity contribution >= 4 is 33.7 Å². The summed E-state index contributed by atoms with van der Waals surface area (Å²) < 4.78 is 1.82. The lowest BCUT2D eigenvalue weighted by Gasteiger charge is -2.05. The third-order valence-corrected chi connectivity index (χ3v) is 4.59. The molecular formula is C21H20N4O. The third kappa shape index (κ3) is 2.71. The molecule has 4 rings (SSSR count). The van der Waals surface area contributed by atoms with E-state index in [-0.39, 0.29) is 5.91 Å². The lowest BCUT2D eigenvalue weighted by atomic mass is 10.1. The summed E-state index contributed by atoms with van der Waals surface area (Å²) in [7, 11) is 0. The van der Waals surface area contributed by atoms with Crippen LogP contribution in [0.15, 0.2) is 48.5 Å². The molecule has 2 heterocycles. The Hall–Kier alpha value is -3.21. The SMILES string of the molecule is CCn1nc(NC(=O)c2ccccc2C)c2cc3ccc(C)cc3nc21. The van der Waals surface area contributed by atoms with Crippen molar-refractivity contribution in [1.29, 1.82) is 0 Å². The van der Waals surface area contributed by atoms with Gasteiger partial charge in [0.1, 0.15) is 0 Å². The van der Waals surface area contributed by atoms with Crippen LogP contribution in [0.1, 0.15) is 28.4 Å². The number of rotatable bonds is 3. The molecule has 0 saturated heterocycles. The Bertz CT molecular complexity index is 1140. The van der Waals surface area contributed by atoms with Crippen molar-refractivity contribution in [2.24, 2.45) is 0 Å². The van der Waals surface area contributed by atoms with Crippen molar-refractivity contribution in [3.63, 3.8) is 0 Å². The first-order valence-corrected chi connectivity index (χ1v) is 8.71. The molecule has 0 bridgehead atoms. The number of aryl methyl sites for hydroxylation is 3. The summed E-state index contributed by atoms with van der Waals surface area (Å²) in [5.41, 5.74) is 4.47. The Kier molecular flexibility index (Phi) is 3.92. The Morgan fingerprint density at radius 1 is 1.12 bits per heavy atom. The molecule has 0 saturated carbocycles. The van der Waals surface area contributed by atoms with Crippen molar-refractivity contribution in [2.75, 3.05) is 5.32 Å².